The van der Waals surface area contributed by atoms with Gasteiger partial charge < -0.3 is 9.84 Å². The number of carboxylic acids is 1. The van der Waals surface area contributed by atoms with Gasteiger partial charge in [-0.2, -0.15) is 5.26 Å². The molecule has 1 N–H and O–H groups in total. The van der Waals surface area contributed by atoms with E-state index in [0.717, 1.165) is 33.7 Å². The maximum Gasteiger partial charge on any atom is 0.331 e. The van der Waals surface area contributed by atoms with E-state index < -0.39 is 5.97 Å². The van der Waals surface area contributed by atoms with Gasteiger partial charge in [-0.05, 0) is 29.8 Å². The number of carbonyl (C=O) groups is 1. The van der Waals surface area contributed by atoms with Crippen LogP contribution in [0.15, 0.2) is 54.2 Å². The number of nitriles is 1. The number of hydrogen-bond donors (Lipinski definition) is 1. The molecule has 0 bridgehead atoms. The van der Waals surface area contributed by atoms with Crippen LogP contribution < -0.4 is 4.74 Å². The van der Waals surface area contributed by atoms with Crippen LogP contribution in [-0.4, -0.2) is 16.1 Å². The molecule has 23 heavy (non-hydrogen) atoms. The first-order valence-electron chi connectivity index (χ1n) is 6.62. The summed E-state index contributed by atoms with van der Waals surface area (Å²) in [6.45, 7) is 0. The van der Waals surface area contributed by atoms with Crippen molar-refractivity contribution in [1.29, 1.82) is 5.26 Å². The average Bonchev–Trinajstić information content (AvgIpc) is 3.03. The van der Waals surface area contributed by atoms with Crippen LogP contribution >= 0.6 is 11.3 Å². The van der Waals surface area contributed by atoms with Crippen LogP contribution in [0, 0.1) is 11.3 Å². The number of thiazole rings is 1. The average molecular weight is 322 g/mol. The van der Waals surface area contributed by atoms with Gasteiger partial charge in [0.2, 0.25) is 0 Å². The lowest BCUT2D eigenvalue weighted by atomic mass is 10.0. The zero-order chi connectivity index (χ0) is 16.2. The molecular weight excluding hydrogens is 312 g/mol. The molecule has 0 saturated heterocycles. The van der Waals surface area contributed by atoms with Crippen LogP contribution in [0.2, 0.25) is 0 Å². The summed E-state index contributed by atoms with van der Waals surface area (Å²) in [6.07, 6.45) is 2.07. The number of fused-ring (bicyclic) bond motifs is 1. The van der Waals surface area contributed by atoms with Crippen LogP contribution in [0.25, 0.3) is 21.3 Å². The minimum atomic E-state index is -1.08. The molecule has 0 spiro atoms. The van der Waals surface area contributed by atoms with Crippen molar-refractivity contribution in [2.24, 2.45) is 0 Å². The summed E-state index contributed by atoms with van der Waals surface area (Å²) in [5, 5.41) is 17.6. The highest BCUT2D eigenvalue weighted by Gasteiger charge is 2.13. The zero-order valence-corrected chi connectivity index (χ0v) is 12.6. The van der Waals surface area contributed by atoms with Crippen molar-refractivity contribution in [1.82, 2.24) is 4.98 Å². The number of aromatic nitrogens is 1. The van der Waals surface area contributed by atoms with Gasteiger partial charge in [-0.1, -0.05) is 12.1 Å². The predicted molar refractivity (Wildman–Crippen MR) is 87.2 cm³/mol. The highest BCUT2D eigenvalue weighted by atomic mass is 32.1. The van der Waals surface area contributed by atoms with Crippen molar-refractivity contribution >= 4 is 27.5 Å². The highest BCUT2D eigenvalue weighted by molar-refractivity contribution is 7.17. The number of aliphatic carboxylic acids is 1. The second-order valence-electron chi connectivity index (χ2n) is 4.59. The Morgan fingerprint density at radius 3 is 2.74 bits per heavy atom. The van der Waals surface area contributed by atoms with Gasteiger partial charge in [0.15, 0.2) is 0 Å². The lowest BCUT2D eigenvalue weighted by Crippen LogP contribution is -1.92. The Hall–Kier alpha value is -3.17. The molecular formula is C17H10N2O3S. The Balaban J connectivity index is 2.12. The van der Waals surface area contributed by atoms with Crippen molar-refractivity contribution in [3.8, 4) is 22.9 Å². The van der Waals surface area contributed by atoms with Crippen LogP contribution in [0.5, 0.6) is 5.75 Å². The number of hydrogen-bond acceptors (Lipinski definition) is 5. The summed E-state index contributed by atoms with van der Waals surface area (Å²) in [6, 6.07) is 12.8. The highest BCUT2D eigenvalue weighted by Crippen LogP contribution is 2.39. The van der Waals surface area contributed by atoms with E-state index in [0.29, 0.717) is 11.3 Å². The molecule has 0 aliphatic rings. The molecule has 0 aliphatic carbocycles. The molecule has 0 aliphatic heterocycles. The van der Waals surface area contributed by atoms with Crippen LogP contribution in [0.3, 0.4) is 0 Å². The number of nitrogens with zero attached hydrogens (tertiary/aromatic N) is 2. The molecule has 6 heteroatoms. The third-order valence-electron chi connectivity index (χ3n) is 3.17. The topological polar surface area (TPSA) is 83.2 Å². The van der Waals surface area contributed by atoms with Crippen molar-refractivity contribution in [2.45, 2.75) is 0 Å². The Bertz CT molecular complexity index is 937. The molecule has 112 valence electrons. The monoisotopic (exact) mass is 322 g/mol. The molecule has 0 saturated carbocycles. The molecule has 0 fully saturated rings. The maximum absolute atomic E-state index is 10.6. The van der Waals surface area contributed by atoms with Crippen LogP contribution in [0.4, 0.5) is 0 Å². The molecule has 5 nitrogen and oxygen atoms in total. The first-order chi connectivity index (χ1) is 11.2. The molecule has 2 aromatic carbocycles. The Morgan fingerprint density at radius 1 is 1.26 bits per heavy atom. The number of carboxylic acid groups (broad SMARTS) is 1. The minimum Gasteiger partial charge on any atom is -0.478 e. The summed E-state index contributed by atoms with van der Waals surface area (Å²) < 4.78 is 6.43. The molecule has 0 radical (unpaired) electrons. The molecule has 0 amide bonds. The summed E-state index contributed by atoms with van der Waals surface area (Å²) in [7, 11) is 0. The standard InChI is InChI=1S/C17H10N2O3S/c18-9-11-1-3-12(4-2-11)16-14(22-8-7-15(20)21)6-5-13-17(16)23-10-19-13/h1-8,10H,(H,20,21)/b8-7+. The third-order valence-corrected chi connectivity index (χ3v) is 4.03. The number of ether oxygens (including phenoxy) is 1. The van der Waals surface area contributed by atoms with E-state index in [1.807, 2.05) is 18.2 Å². The molecule has 1 aromatic heterocycles. The van der Waals surface area contributed by atoms with E-state index in [-0.39, 0.29) is 0 Å². The molecule has 0 unspecified atom stereocenters. The third kappa shape index (κ3) is 3.05. The van der Waals surface area contributed by atoms with E-state index >= 15 is 0 Å². The summed E-state index contributed by atoms with van der Waals surface area (Å²) in [5.41, 5.74) is 4.85. The Kier molecular flexibility index (Phi) is 4.04. The predicted octanol–water partition coefficient (Wildman–Crippen LogP) is 3.81. The smallest absolute Gasteiger partial charge is 0.331 e. The van der Waals surface area contributed by atoms with Gasteiger partial charge in [0.05, 0.1) is 39.7 Å². The van der Waals surface area contributed by atoms with Crippen molar-refractivity contribution < 1.29 is 14.6 Å². The van der Waals surface area contributed by atoms with Gasteiger partial charge in [0, 0.05) is 5.56 Å². The summed E-state index contributed by atoms with van der Waals surface area (Å²) in [5.74, 6) is -0.548. The van der Waals surface area contributed by atoms with Gasteiger partial charge in [0.1, 0.15) is 5.75 Å². The lowest BCUT2D eigenvalue weighted by molar-refractivity contribution is -0.131. The van der Waals surface area contributed by atoms with Crippen LogP contribution in [-0.2, 0) is 4.79 Å². The van der Waals surface area contributed by atoms with E-state index in [9.17, 15) is 4.79 Å². The number of benzene rings is 2. The second kappa shape index (κ2) is 6.30. The van der Waals surface area contributed by atoms with Gasteiger partial charge in [-0.25, -0.2) is 9.78 Å². The fraction of sp³-hybridized carbons (Fsp3) is 0. The van der Waals surface area contributed by atoms with E-state index in [1.54, 1.807) is 23.7 Å². The fourth-order valence-corrected chi connectivity index (χ4v) is 3.01. The number of rotatable bonds is 4. The van der Waals surface area contributed by atoms with Crippen molar-refractivity contribution in [3.05, 3.63) is 59.8 Å². The zero-order valence-electron chi connectivity index (χ0n) is 11.8. The van der Waals surface area contributed by atoms with E-state index in [4.69, 9.17) is 15.1 Å². The van der Waals surface area contributed by atoms with Gasteiger partial charge in [0.25, 0.3) is 0 Å². The first kappa shape index (κ1) is 14.8. The Morgan fingerprint density at radius 2 is 2.04 bits per heavy atom. The maximum atomic E-state index is 10.6. The molecule has 1 heterocycles. The molecule has 3 aromatic rings. The van der Waals surface area contributed by atoms with Gasteiger partial charge >= 0.3 is 5.97 Å². The van der Waals surface area contributed by atoms with E-state index in [2.05, 4.69) is 11.1 Å². The van der Waals surface area contributed by atoms with Crippen molar-refractivity contribution in [2.75, 3.05) is 0 Å². The van der Waals surface area contributed by atoms with Gasteiger partial charge in [-0.3, -0.25) is 0 Å². The summed E-state index contributed by atoms with van der Waals surface area (Å²) >= 11 is 1.48. The Labute approximate surface area is 135 Å². The van der Waals surface area contributed by atoms with Gasteiger partial charge in [-0.15, -0.1) is 11.3 Å². The largest absolute Gasteiger partial charge is 0.478 e. The minimum absolute atomic E-state index is 0.531. The quantitative estimate of drug-likeness (QED) is 0.583. The van der Waals surface area contributed by atoms with E-state index in [1.165, 1.54) is 11.3 Å². The van der Waals surface area contributed by atoms with Crippen LogP contribution in [0.1, 0.15) is 5.56 Å². The summed E-state index contributed by atoms with van der Waals surface area (Å²) in [4.78, 5) is 14.9. The SMILES string of the molecule is N#Cc1ccc(-c2c(O/C=C/C(=O)O)ccc3ncsc23)cc1. The first-order valence-corrected chi connectivity index (χ1v) is 7.50. The normalized spacial score (nSPS) is 10.7. The molecule has 3 rings (SSSR count). The lowest BCUT2D eigenvalue weighted by Gasteiger charge is -2.10. The van der Waals surface area contributed by atoms with Crippen molar-refractivity contribution in [3.63, 3.8) is 0 Å². The molecule has 0 atom stereocenters. The fourth-order valence-electron chi connectivity index (χ4n) is 2.16. The second-order valence-corrected chi connectivity index (χ2v) is 5.44.